The molecule has 1 aliphatic carbocycles. The molecule has 0 N–H and O–H groups in total. The Morgan fingerprint density at radius 1 is 0.638 bits per heavy atom. The van der Waals surface area contributed by atoms with Crippen molar-refractivity contribution in [3.05, 3.63) is 0 Å². The zero-order valence-corrected chi connectivity index (χ0v) is 32.1. The average Bonchev–Trinajstić information content (AvgIpc) is 3.54. The smallest absolute Gasteiger partial charge is 0.338 e. The molecule has 47 heavy (non-hydrogen) atoms. The third-order valence-corrected chi connectivity index (χ3v) is 10.2. The Labute approximate surface area is 292 Å². The summed E-state index contributed by atoms with van der Waals surface area (Å²) in [7, 11) is 4.08. The largest absolute Gasteiger partial charge is 0.465 e. The Morgan fingerprint density at radius 3 is 1.70 bits per heavy atom. The summed E-state index contributed by atoms with van der Waals surface area (Å²) in [6, 6.07) is 0. The van der Waals surface area contributed by atoms with Crippen LogP contribution in [-0.4, -0.2) is 62.4 Å². The maximum Gasteiger partial charge on any atom is 0.338 e. The van der Waals surface area contributed by atoms with E-state index < -0.39 is 5.60 Å². The molecular weight excluding hydrogens is 586 g/mol. The monoisotopic (exact) mass is 666 g/mol. The molecule has 0 spiro atoms. The maximum atomic E-state index is 13.5. The molecular formula is C41H79NO5. The Morgan fingerprint density at radius 2 is 1.13 bits per heavy atom. The summed E-state index contributed by atoms with van der Waals surface area (Å²) in [5.41, 5.74) is -0.736. The fraction of sp³-hybridized carbons (Fsp3) is 0.951. The zero-order chi connectivity index (χ0) is 34.4. The lowest BCUT2D eigenvalue weighted by molar-refractivity contribution is -0.179. The molecule has 2 atom stereocenters. The van der Waals surface area contributed by atoms with Crippen molar-refractivity contribution in [3.8, 4) is 0 Å². The van der Waals surface area contributed by atoms with E-state index in [4.69, 9.17) is 14.2 Å². The molecule has 1 aliphatic rings. The van der Waals surface area contributed by atoms with Crippen molar-refractivity contribution in [2.24, 2.45) is 5.92 Å². The normalized spacial score (nSPS) is 15.6. The minimum atomic E-state index is -0.736. The van der Waals surface area contributed by atoms with E-state index in [2.05, 4.69) is 25.7 Å². The van der Waals surface area contributed by atoms with E-state index in [1.165, 1.54) is 96.3 Å². The number of hydrogen-bond donors (Lipinski definition) is 0. The molecule has 0 bridgehead atoms. The van der Waals surface area contributed by atoms with Crippen molar-refractivity contribution in [2.45, 2.75) is 212 Å². The minimum Gasteiger partial charge on any atom is -0.465 e. The number of nitrogens with zero attached hydrogens (tertiary/aromatic N) is 1. The summed E-state index contributed by atoms with van der Waals surface area (Å²) < 4.78 is 18.2. The molecule has 6 nitrogen and oxygen atoms in total. The van der Waals surface area contributed by atoms with Crippen LogP contribution in [0.5, 0.6) is 0 Å². The minimum absolute atomic E-state index is 0.00404. The van der Waals surface area contributed by atoms with Gasteiger partial charge in [-0.2, -0.15) is 0 Å². The van der Waals surface area contributed by atoms with Crippen LogP contribution in [-0.2, 0) is 23.8 Å². The summed E-state index contributed by atoms with van der Waals surface area (Å²) in [6.07, 6.45) is 31.5. The van der Waals surface area contributed by atoms with Crippen molar-refractivity contribution in [1.82, 2.24) is 4.90 Å². The molecule has 278 valence electrons. The van der Waals surface area contributed by atoms with E-state index in [9.17, 15) is 9.59 Å². The summed E-state index contributed by atoms with van der Waals surface area (Å²) in [6.45, 7) is 8.74. The van der Waals surface area contributed by atoms with E-state index >= 15 is 0 Å². The molecule has 0 aromatic heterocycles. The van der Waals surface area contributed by atoms with Gasteiger partial charge in [0.1, 0.15) is 6.10 Å². The van der Waals surface area contributed by atoms with Crippen LogP contribution in [0, 0.1) is 5.92 Å². The number of likely N-dealkylation sites (N-methyl/N-ethyl adjacent to an activating group) is 1. The van der Waals surface area contributed by atoms with Gasteiger partial charge in [0.2, 0.25) is 0 Å². The molecule has 1 saturated carbocycles. The van der Waals surface area contributed by atoms with Gasteiger partial charge in [0.25, 0.3) is 0 Å². The second kappa shape index (κ2) is 29.7. The number of hydrogen-bond acceptors (Lipinski definition) is 6. The van der Waals surface area contributed by atoms with Gasteiger partial charge in [-0.25, -0.2) is 4.79 Å². The molecule has 0 aromatic rings. The van der Waals surface area contributed by atoms with E-state index in [1.807, 2.05) is 14.1 Å². The van der Waals surface area contributed by atoms with Crippen LogP contribution in [0.3, 0.4) is 0 Å². The molecule has 0 radical (unpaired) electrons. The molecule has 0 aliphatic heterocycles. The Balaban J connectivity index is 2.38. The molecule has 1 fully saturated rings. The van der Waals surface area contributed by atoms with Gasteiger partial charge in [-0.05, 0) is 90.6 Å². The molecule has 0 saturated heterocycles. The van der Waals surface area contributed by atoms with Crippen LogP contribution >= 0.6 is 0 Å². The highest BCUT2D eigenvalue weighted by Gasteiger charge is 2.44. The predicted octanol–water partition coefficient (Wildman–Crippen LogP) is 11.4. The fourth-order valence-corrected chi connectivity index (χ4v) is 6.92. The first-order valence-corrected chi connectivity index (χ1v) is 20.5. The van der Waals surface area contributed by atoms with Crippen LogP contribution in [0.2, 0.25) is 0 Å². The quantitative estimate of drug-likeness (QED) is 0.0513. The van der Waals surface area contributed by atoms with Gasteiger partial charge in [0.15, 0.2) is 5.60 Å². The molecule has 0 amide bonds. The van der Waals surface area contributed by atoms with E-state index in [-0.39, 0.29) is 18.0 Å². The van der Waals surface area contributed by atoms with Gasteiger partial charge in [-0.1, -0.05) is 124 Å². The standard InChI is InChI=1S/C41H79NO5/c1-6-9-12-14-15-18-22-29-38(47-40(44)41(32-25-26-33-41)46-35-34-42(4)5)30-23-19-16-17-20-24-31-39(43)45-36-37(27-11-8-3)28-21-13-10-7-2/h37-38H,6-36H2,1-5H3. The number of esters is 2. The van der Waals surface area contributed by atoms with Gasteiger partial charge in [0, 0.05) is 13.0 Å². The van der Waals surface area contributed by atoms with Gasteiger partial charge in [-0.15, -0.1) is 0 Å². The number of carbonyl (C=O) groups is 2. The van der Waals surface area contributed by atoms with Gasteiger partial charge >= 0.3 is 11.9 Å². The molecule has 0 heterocycles. The summed E-state index contributed by atoms with van der Waals surface area (Å²) >= 11 is 0. The van der Waals surface area contributed by atoms with Crippen molar-refractivity contribution < 1.29 is 23.8 Å². The first-order chi connectivity index (χ1) is 22.9. The van der Waals surface area contributed by atoms with E-state index in [1.54, 1.807) is 0 Å². The molecule has 2 unspecified atom stereocenters. The van der Waals surface area contributed by atoms with Gasteiger partial charge in [0.05, 0.1) is 13.2 Å². The average molecular weight is 666 g/mol. The van der Waals surface area contributed by atoms with Crippen molar-refractivity contribution in [3.63, 3.8) is 0 Å². The van der Waals surface area contributed by atoms with Crippen molar-refractivity contribution >= 4 is 11.9 Å². The lowest BCUT2D eigenvalue weighted by Crippen LogP contribution is -2.43. The first kappa shape index (κ1) is 43.9. The SMILES string of the molecule is CCCCCCCCCC(CCCCCCCCC(=O)OCC(CCCC)CCCCCC)OC(=O)C1(OCCN(C)C)CCCC1. The van der Waals surface area contributed by atoms with Crippen LogP contribution in [0.15, 0.2) is 0 Å². The first-order valence-electron chi connectivity index (χ1n) is 20.5. The highest BCUT2D eigenvalue weighted by atomic mass is 16.6. The third kappa shape index (κ3) is 23.0. The van der Waals surface area contributed by atoms with E-state index in [0.717, 1.165) is 83.6 Å². The Bertz CT molecular complexity index is 735. The number of unbranched alkanes of at least 4 members (excludes halogenated alkanes) is 15. The summed E-state index contributed by atoms with van der Waals surface area (Å²) in [5, 5.41) is 0. The Kier molecular flexibility index (Phi) is 27.8. The lowest BCUT2D eigenvalue weighted by Gasteiger charge is -2.30. The maximum absolute atomic E-state index is 13.5. The molecule has 1 rings (SSSR count). The molecule has 0 aromatic carbocycles. The highest BCUT2D eigenvalue weighted by molar-refractivity contribution is 5.80. The van der Waals surface area contributed by atoms with Crippen LogP contribution < -0.4 is 0 Å². The van der Waals surface area contributed by atoms with Crippen LogP contribution in [0.4, 0.5) is 0 Å². The van der Waals surface area contributed by atoms with Crippen LogP contribution in [0.25, 0.3) is 0 Å². The third-order valence-electron chi connectivity index (χ3n) is 10.2. The highest BCUT2D eigenvalue weighted by Crippen LogP contribution is 2.35. The predicted molar refractivity (Wildman–Crippen MR) is 198 cm³/mol. The van der Waals surface area contributed by atoms with Crippen molar-refractivity contribution in [1.29, 1.82) is 0 Å². The number of ether oxygens (including phenoxy) is 3. The van der Waals surface area contributed by atoms with Gasteiger partial charge < -0.3 is 19.1 Å². The summed E-state index contributed by atoms with van der Waals surface area (Å²) in [4.78, 5) is 28.0. The number of carbonyl (C=O) groups excluding carboxylic acids is 2. The fourth-order valence-electron chi connectivity index (χ4n) is 6.92. The topological polar surface area (TPSA) is 65.1 Å². The lowest BCUT2D eigenvalue weighted by atomic mass is 9.96. The van der Waals surface area contributed by atoms with Gasteiger partial charge in [-0.3, -0.25) is 4.79 Å². The Hall–Kier alpha value is -1.14. The second-order valence-corrected chi connectivity index (χ2v) is 15.0. The molecule has 6 heteroatoms. The number of rotatable bonds is 33. The summed E-state index contributed by atoms with van der Waals surface area (Å²) in [5.74, 6) is 0.409. The second-order valence-electron chi connectivity index (χ2n) is 15.0. The van der Waals surface area contributed by atoms with Crippen LogP contribution in [0.1, 0.15) is 201 Å². The van der Waals surface area contributed by atoms with Crippen molar-refractivity contribution in [2.75, 3.05) is 33.9 Å². The van der Waals surface area contributed by atoms with E-state index in [0.29, 0.717) is 25.6 Å². The zero-order valence-electron chi connectivity index (χ0n) is 32.1.